The topological polar surface area (TPSA) is 104 Å². The standard InChI is InChI=1S/C13H22N2O.C7H8O3S/c1-3-15(8-4-5-9-16)12-6-7-13(14)11(2)10-12;1-6-4-2-3-5-7(6)11(8,9)10/h6-7,10,16H,3-5,8-9,14H2,1-2H3;2-5H,1H3,(H,8,9,10). The number of anilines is 2. The van der Waals surface area contributed by atoms with Gasteiger partial charge in [0.2, 0.25) is 0 Å². The van der Waals surface area contributed by atoms with Crippen molar-refractivity contribution < 1.29 is 18.1 Å². The first-order valence-corrected chi connectivity index (χ1v) is 10.4. The molecule has 0 radical (unpaired) electrons. The molecule has 0 saturated heterocycles. The number of aryl methyl sites for hydroxylation is 2. The largest absolute Gasteiger partial charge is 0.399 e. The van der Waals surface area contributed by atoms with Gasteiger partial charge in [0.15, 0.2) is 0 Å². The third-order valence-corrected chi connectivity index (χ3v) is 5.22. The Bertz CT molecular complexity index is 822. The number of hydrogen-bond acceptors (Lipinski definition) is 5. The van der Waals surface area contributed by atoms with Gasteiger partial charge >= 0.3 is 0 Å². The summed E-state index contributed by atoms with van der Waals surface area (Å²) < 4.78 is 29.9. The van der Waals surface area contributed by atoms with Crippen LogP contribution in [0.4, 0.5) is 11.4 Å². The van der Waals surface area contributed by atoms with Gasteiger partial charge in [-0.1, -0.05) is 18.2 Å². The van der Waals surface area contributed by atoms with Gasteiger partial charge in [0.05, 0.1) is 4.90 Å². The van der Waals surface area contributed by atoms with Crippen LogP contribution in [0.3, 0.4) is 0 Å². The molecule has 0 unspecified atom stereocenters. The highest BCUT2D eigenvalue weighted by Gasteiger charge is 2.10. The van der Waals surface area contributed by atoms with Crippen molar-refractivity contribution >= 4 is 21.5 Å². The van der Waals surface area contributed by atoms with Crippen LogP contribution in [0.25, 0.3) is 0 Å². The number of unbranched alkanes of at least 4 members (excludes halogenated alkanes) is 1. The fourth-order valence-corrected chi connectivity index (χ4v) is 3.31. The van der Waals surface area contributed by atoms with Gasteiger partial charge in [-0.15, -0.1) is 0 Å². The van der Waals surface area contributed by atoms with Crippen molar-refractivity contribution in [3.8, 4) is 0 Å². The molecule has 0 saturated carbocycles. The Morgan fingerprint density at radius 1 is 1.04 bits per heavy atom. The lowest BCUT2D eigenvalue weighted by Gasteiger charge is -2.23. The van der Waals surface area contributed by atoms with Crippen molar-refractivity contribution in [3.05, 3.63) is 53.6 Å². The van der Waals surface area contributed by atoms with E-state index in [-0.39, 0.29) is 11.5 Å². The molecule has 0 bridgehead atoms. The summed E-state index contributed by atoms with van der Waals surface area (Å²) in [5.74, 6) is 0. The summed E-state index contributed by atoms with van der Waals surface area (Å²) in [7, 11) is -4.03. The van der Waals surface area contributed by atoms with Gasteiger partial charge < -0.3 is 15.7 Å². The molecule has 0 heterocycles. The van der Waals surface area contributed by atoms with E-state index in [9.17, 15) is 8.42 Å². The van der Waals surface area contributed by atoms with Crippen LogP contribution in [0.5, 0.6) is 0 Å². The second-order valence-corrected chi connectivity index (χ2v) is 7.68. The number of rotatable bonds is 7. The van der Waals surface area contributed by atoms with E-state index >= 15 is 0 Å². The molecule has 0 aliphatic rings. The first kappa shape index (κ1) is 23.0. The molecule has 0 atom stereocenters. The van der Waals surface area contributed by atoms with Gasteiger partial charge in [-0.25, -0.2) is 0 Å². The average Bonchev–Trinajstić information content (AvgIpc) is 2.61. The Hall–Kier alpha value is -2.09. The Labute approximate surface area is 162 Å². The third-order valence-electron chi connectivity index (χ3n) is 4.21. The summed E-state index contributed by atoms with van der Waals surface area (Å²) in [5.41, 5.74) is 9.53. The zero-order chi connectivity index (χ0) is 20.4. The molecule has 150 valence electrons. The summed E-state index contributed by atoms with van der Waals surface area (Å²) in [5, 5.41) is 8.77. The van der Waals surface area contributed by atoms with E-state index < -0.39 is 10.1 Å². The zero-order valence-electron chi connectivity index (χ0n) is 16.2. The summed E-state index contributed by atoms with van der Waals surface area (Å²) in [6, 6.07) is 12.4. The van der Waals surface area contributed by atoms with Gasteiger partial charge in [-0.3, -0.25) is 4.55 Å². The van der Waals surface area contributed by atoms with Crippen LogP contribution < -0.4 is 10.6 Å². The molecule has 2 rings (SSSR count). The lowest BCUT2D eigenvalue weighted by Crippen LogP contribution is -2.24. The maximum atomic E-state index is 10.6. The van der Waals surface area contributed by atoms with Gasteiger partial charge in [0.1, 0.15) is 0 Å². The minimum Gasteiger partial charge on any atom is -0.399 e. The predicted molar refractivity (Wildman–Crippen MR) is 111 cm³/mol. The van der Waals surface area contributed by atoms with Crippen LogP contribution in [0, 0.1) is 13.8 Å². The summed E-state index contributed by atoms with van der Waals surface area (Å²) in [4.78, 5) is 2.28. The van der Waals surface area contributed by atoms with Crippen molar-refractivity contribution in [1.82, 2.24) is 0 Å². The van der Waals surface area contributed by atoms with E-state index in [2.05, 4.69) is 24.0 Å². The van der Waals surface area contributed by atoms with Crippen LogP contribution in [0.2, 0.25) is 0 Å². The number of hydrogen-bond donors (Lipinski definition) is 3. The highest BCUT2D eigenvalue weighted by Crippen LogP contribution is 2.20. The number of nitrogens with two attached hydrogens (primary N) is 1. The molecule has 0 fully saturated rings. The Kier molecular flexibility index (Phi) is 9.28. The molecule has 4 N–H and O–H groups in total. The average molecular weight is 395 g/mol. The summed E-state index contributed by atoms with van der Waals surface area (Å²) in [6.45, 7) is 8.04. The second-order valence-electron chi connectivity index (χ2n) is 6.29. The van der Waals surface area contributed by atoms with Gasteiger partial charge in [0.25, 0.3) is 10.1 Å². The minimum atomic E-state index is -4.03. The molecule has 7 heteroatoms. The Morgan fingerprint density at radius 2 is 1.70 bits per heavy atom. The van der Waals surface area contributed by atoms with Crippen LogP contribution in [0.15, 0.2) is 47.4 Å². The van der Waals surface area contributed by atoms with Crippen molar-refractivity contribution in [2.45, 2.75) is 38.5 Å². The number of nitrogen functional groups attached to an aromatic ring is 1. The lowest BCUT2D eigenvalue weighted by molar-refractivity contribution is 0.285. The Balaban J connectivity index is 0.000000289. The normalized spacial score (nSPS) is 10.9. The van der Waals surface area contributed by atoms with Gasteiger partial charge in [-0.2, -0.15) is 8.42 Å². The molecule has 0 aliphatic heterocycles. The summed E-state index contributed by atoms with van der Waals surface area (Å²) >= 11 is 0. The molecule has 0 spiro atoms. The smallest absolute Gasteiger partial charge is 0.294 e. The second kappa shape index (κ2) is 10.9. The van der Waals surface area contributed by atoms with E-state index in [1.807, 2.05) is 13.0 Å². The third kappa shape index (κ3) is 7.58. The van der Waals surface area contributed by atoms with Gasteiger partial charge in [-0.05, 0) is 69.0 Å². The fraction of sp³-hybridized carbons (Fsp3) is 0.400. The molecule has 0 aliphatic carbocycles. The number of benzene rings is 2. The van der Waals surface area contributed by atoms with Gasteiger partial charge in [0, 0.05) is 31.1 Å². The molecular weight excluding hydrogens is 364 g/mol. The van der Waals surface area contributed by atoms with Crippen molar-refractivity contribution in [1.29, 1.82) is 0 Å². The monoisotopic (exact) mass is 394 g/mol. The predicted octanol–water partition coefficient (Wildman–Crippen LogP) is 3.42. The highest BCUT2D eigenvalue weighted by atomic mass is 32.2. The SMILES string of the molecule is CCN(CCCCO)c1ccc(N)c(C)c1.Cc1ccccc1S(=O)(=O)O. The first-order valence-electron chi connectivity index (χ1n) is 8.95. The molecule has 2 aromatic rings. The number of aliphatic hydroxyl groups excluding tert-OH is 1. The van der Waals surface area contributed by atoms with Crippen LogP contribution in [-0.2, 0) is 10.1 Å². The van der Waals surface area contributed by atoms with E-state index in [1.54, 1.807) is 25.1 Å². The fourth-order valence-electron chi connectivity index (χ4n) is 2.59. The quantitative estimate of drug-likeness (QED) is 0.378. The maximum Gasteiger partial charge on any atom is 0.294 e. The van der Waals surface area contributed by atoms with Crippen molar-refractivity contribution in [3.63, 3.8) is 0 Å². The van der Waals surface area contributed by atoms with E-state index in [4.69, 9.17) is 15.4 Å². The summed E-state index contributed by atoms with van der Waals surface area (Å²) in [6.07, 6.45) is 1.89. The molecule has 0 aromatic heterocycles. The van der Waals surface area contributed by atoms with E-state index in [1.165, 1.54) is 11.8 Å². The molecule has 2 aromatic carbocycles. The minimum absolute atomic E-state index is 0.0278. The molecule has 6 nitrogen and oxygen atoms in total. The lowest BCUT2D eigenvalue weighted by atomic mass is 10.1. The van der Waals surface area contributed by atoms with Crippen LogP contribution >= 0.6 is 0 Å². The maximum absolute atomic E-state index is 10.6. The van der Waals surface area contributed by atoms with Crippen molar-refractivity contribution in [2.75, 3.05) is 30.3 Å². The molecule has 0 amide bonds. The number of aliphatic hydroxyl groups is 1. The highest BCUT2D eigenvalue weighted by molar-refractivity contribution is 7.85. The molecule has 27 heavy (non-hydrogen) atoms. The number of nitrogens with zero attached hydrogens (tertiary/aromatic N) is 1. The van der Waals surface area contributed by atoms with Crippen molar-refractivity contribution in [2.24, 2.45) is 0 Å². The zero-order valence-corrected chi connectivity index (χ0v) is 17.0. The van der Waals surface area contributed by atoms with E-state index in [0.717, 1.165) is 37.2 Å². The molecular formula is C20H30N2O4S. The first-order chi connectivity index (χ1) is 12.7. The Morgan fingerprint density at radius 3 is 2.19 bits per heavy atom. The van der Waals surface area contributed by atoms with Crippen LogP contribution in [-0.4, -0.2) is 37.8 Å². The van der Waals surface area contributed by atoms with E-state index in [0.29, 0.717) is 5.56 Å². The van der Waals surface area contributed by atoms with Crippen LogP contribution in [0.1, 0.15) is 30.9 Å².